The van der Waals surface area contributed by atoms with Crippen LogP contribution in [0, 0.1) is 6.92 Å². The minimum atomic E-state index is 0.480. The maximum atomic E-state index is 6.15. The van der Waals surface area contributed by atoms with Crippen molar-refractivity contribution < 1.29 is 9.47 Å². The average molecular weight is 379 g/mol. The topological polar surface area (TPSA) is 84.4 Å². The molecule has 8 nitrogen and oxygen atoms in total. The summed E-state index contributed by atoms with van der Waals surface area (Å²) in [4.78, 5) is 6.79. The van der Waals surface area contributed by atoms with Crippen LogP contribution < -0.4 is 15.4 Å². The molecule has 2 aromatic rings. The number of morpholine rings is 1. The molecule has 2 heterocycles. The van der Waals surface area contributed by atoms with Gasteiger partial charge in [-0.3, -0.25) is 4.90 Å². The predicted molar refractivity (Wildman–Crippen MR) is 102 cm³/mol. The zero-order chi connectivity index (χ0) is 18.4. The summed E-state index contributed by atoms with van der Waals surface area (Å²) in [5, 5.41) is 15.1. The highest BCUT2D eigenvalue weighted by Crippen LogP contribution is 2.32. The first-order chi connectivity index (χ1) is 12.7. The summed E-state index contributed by atoms with van der Waals surface area (Å²) in [5.74, 6) is 1.70. The zero-order valence-corrected chi connectivity index (χ0v) is 15.7. The molecular formula is C17H23ClN6O2. The summed E-state index contributed by atoms with van der Waals surface area (Å²) >= 11 is 6.15. The summed E-state index contributed by atoms with van der Waals surface area (Å²) in [5.41, 5.74) is 1.72. The number of nitrogens with zero attached hydrogens (tertiary/aromatic N) is 4. The third kappa shape index (κ3) is 4.94. The van der Waals surface area contributed by atoms with Crippen LogP contribution >= 0.6 is 11.6 Å². The third-order valence-electron chi connectivity index (χ3n) is 4.12. The Balaban J connectivity index is 1.61. The van der Waals surface area contributed by atoms with Crippen molar-refractivity contribution in [1.82, 2.24) is 20.1 Å². The van der Waals surface area contributed by atoms with Crippen LogP contribution in [0.4, 0.5) is 17.5 Å². The van der Waals surface area contributed by atoms with Gasteiger partial charge in [0.15, 0.2) is 5.82 Å². The number of hydrogen-bond donors (Lipinski definition) is 2. The van der Waals surface area contributed by atoms with Crippen molar-refractivity contribution in [3.63, 3.8) is 0 Å². The van der Waals surface area contributed by atoms with Gasteiger partial charge < -0.3 is 20.1 Å². The highest BCUT2D eigenvalue weighted by Gasteiger charge is 2.11. The van der Waals surface area contributed by atoms with Gasteiger partial charge in [-0.15, -0.1) is 5.10 Å². The molecule has 0 bridgehead atoms. The lowest BCUT2D eigenvalue weighted by atomic mass is 10.2. The van der Waals surface area contributed by atoms with Gasteiger partial charge in [0.25, 0.3) is 0 Å². The van der Waals surface area contributed by atoms with E-state index >= 15 is 0 Å². The Labute approximate surface area is 157 Å². The number of benzene rings is 1. The molecule has 1 aromatic carbocycles. The lowest BCUT2D eigenvalue weighted by Gasteiger charge is -2.26. The molecule has 1 aromatic heterocycles. The van der Waals surface area contributed by atoms with Gasteiger partial charge in [0.2, 0.25) is 5.95 Å². The third-order valence-corrected chi connectivity index (χ3v) is 4.52. The van der Waals surface area contributed by atoms with Crippen molar-refractivity contribution in [2.24, 2.45) is 0 Å². The van der Waals surface area contributed by atoms with Gasteiger partial charge in [0.1, 0.15) is 5.75 Å². The predicted octanol–water partition coefficient (Wildman–Crippen LogP) is 2.33. The molecule has 0 atom stereocenters. The van der Waals surface area contributed by atoms with Gasteiger partial charge >= 0.3 is 0 Å². The van der Waals surface area contributed by atoms with Crippen LogP contribution in [-0.4, -0.2) is 66.6 Å². The molecule has 140 valence electrons. The van der Waals surface area contributed by atoms with E-state index in [-0.39, 0.29) is 0 Å². The minimum Gasteiger partial charge on any atom is -0.495 e. The van der Waals surface area contributed by atoms with Crippen molar-refractivity contribution in [2.75, 3.05) is 57.1 Å². The zero-order valence-electron chi connectivity index (χ0n) is 15.0. The second-order valence-corrected chi connectivity index (χ2v) is 6.38. The van der Waals surface area contributed by atoms with Crippen molar-refractivity contribution in [3.05, 3.63) is 28.9 Å². The number of anilines is 3. The molecule has 0 radical (unpaired) electrons. The van der Waals surface area contributed by atoms with Crippen LogP contribution in [0.1, 0.15) is 5.56 Å². The molecule has 3 rings (SSSR count). The summed E-state index contributed by atoms with van der Waals surface area (Å²) in [6.45, 7) is 7.09. The fourth-order valence-electron chi connectivity index (χ4n) is 2.66. The number of methoxy groups -OCH3 is 1. The SMILES string of the molecule is COc1cc(Cl)c(C)cc1Nc1cnnc(NCCN2CCOCC2)n1. The first-order valence-electron chi connectivity index (χ1n) is 8.50. The molecule has 0 aliphatic carbocycles. The van der Waals surface area contributed by atoms with E-state index in [1.165, 1.54) is 0 Å². The Bertz CT molecular complexity index is 739. The molecule has 9 heteroatoms. The average Bonchev–Trinajstić information content (AvgIpc) is 2.66. The molecule has 0 amide bonds. The molecular weight excluding hydrogens is 356 g/mol. The van der Waals surface area contributed by atoms with Crippen LogP contribution in [0.2, 0.25) is 5.02 Å². The first kappa shape index (κ1) is 18.6. The summed E-state index contributed by atoms with van der Waals surface area (Å²) < 4.78 is 10.7. The first-order valence-corrected chi connectivity index (χ1v) is 8.88. The molecule has 1 saturated heterocycles. The lowest BCUT2D eigenvalue weighted by Crippen LogP contribution is -2.39. The molecule has 1 aliphatic heterocycles. The number of rotatable bonds is 7. The van der Waals surface area contributed by atoms with Gasteiger partial charge in [0.05, 0.1) is 32.2 Å². The fraction of sp³-hybridized carbons (Fsp3) is 0.471. The normalized spacial score (nSPS) is 14.9. The summed E-state index contributed by atoms with van der Waals surface area (Å²) in [6.07, 6.45) is 1.57. The van der Waals surface area contributed by atoms with E-state index in [0.717, 1.165) is 50.6 Å². The van der Waals surface area contributed by atoms with Crippen LogP contribution in [0.5, 0.6) is 5.75 Å². The fourth-order valence-corrected chi connectivity index (χ4v) is 2.81. The van der Waals surface area contributed by atoms with Gasteiger partial charge in [-0.05, 0) is 18.6 Å². The standard InChI is InChI=1S/C17H23ClN6O2/c1-12-9-14(15(25-2)10-13(12)18)21-16-11-20-23-17(22-16)19-3-4-24-5-7-26-8-6-24/h9-11H,3-8H2,1-2H3,(H2,19,21,22,23). The monoisotopic (exact) mass is 378 g/mol. The second-order valence-electron chi connectivity index (χ2n) is 5.97. The Hall–Kier alpha value is -2.16. The van der Waals surface area contributed by atoms with Crippen LogP contribution in [0.3, 0.4) is 0 Å². The maximum Gasteiger partial charge on any atom is 0.244 e. The molecule has 26 heavy (non-hydrogen) atoms. The van der Waals surface area contributed by atoms with Crippen molar-refractivity contribution in [1.29, 1.82) is 0 Å². The maximum absolute atomic E-state index is 6.15. The van der Waals surface area contributed by atoms with Gasteiger partial charge in [-0.1, -0.05) is 11.6 Å². The minimum absolute atomic E-state index is 0.480. The quantitative estimate of drug-likeness (QED) is 0.759. The second kappa shape index (κ2) is 8.98. The van der Waals surface area contributed by atoms with Crippen LogP contribution in [0.25, 0.3) is 0 Å². The van der Waals surface area contributed by atoms with Crippen molar-refractivity contribution in [3.8, 4) is 5.75 Å². The van der Waals surface area contributed by atoms with Crippen LogP contribution in [-0.2, 0) is 4.74 Å². The van der Waals surface area contributed by atoms with E-state index in [9.17, 15) is 0 Å². The van der Waals surface area contributed by atoms with E-state index in [1.54, 1.807) is 19.4 Å². The molecule has 0 unspecified atom stereocenters. The van der Waals surface area contributed by atoms with E-state index in [4.69, 9.17) is 21.1 Å². The molecule has 0 spiro atoms. The summed E-state index contributed by atoms with van der Waals surface area (Å²) in [7, 11) is 1.60. The van der Waals surface area contributed by atoms with E-state index < -0.39 is 0 Å². The summed E-state index contributed by atoms with van der Waals surface area (Å²) in [6, 6.07) is 3.68. The Morgan fingerprint density at radius 3 is 2.88 bits per heavy atom. The number of aromatic nitrogens is 3. The van der Waals surface area contributed by atoms with Gasteiger partial charge in [-0.25, -0.2) is 0 Å². The highest BCUT2D eigenvalue weighted by molar-refractivity contribution is 6.31. The van der Waals surface area contributed by atoms with E-state index in [2.05, 4.69) is 30.7 Å². The lowest BCUT2D eigenvalue weighted by molar-refractivity contribution is 0.0398. The number of halogens is 1. The molecule has 2 N–H and O–H groups in total. The van der Waals surface area contributed by atoms with E-state index in [0.29, 0.717) is 22.5 Å². The molecule has 0 saturated carbocycles. The Morgan fingerprint density at radius 2 is 2.12 bits per heavy atom. The number of aryl methyl sites for hydroxylation is 1. The smallest absolute Gasteiger partial charge is 0.244 e. The number of nitrogens with one attached hydrogen (secondary N) is 2. The van der Waals surface area contributed by atoms with Crippen molar-refractivity contribution in [2.45, 2.75) is 6.92 Å². The van der Waals surface area contributed by atoms with Gasteiger partial charge in [-0.2, -0.15) is 10.1 Å². The Kier molecular flexibility index (Phi) is 6.43. The molecule has 1 fully saturated rings. The number of hydrogen-bond acceptors (Lipinski definition) is 8. The van der Waals surface area contributed by atoms with E-state index in [1.807, 2.05) is 13.0 Å². The Morgan fingerprint density at radius 1 is 1.31 bits per heavy atom. The molecule has 1 aliphatic rings. The number of ether oxygens (including phenoxy) is 2. The van der Waals surface area contributed by atoms with Gasteiger partial charge in [0, 0.05) is 37.3 Å². The highest BCUT2D eigenvalue weighted by atomic mass is 35.5. The van der Waals surface area contributed by atoms with Crippen molar-refractivity contribution >= 4 is 29.1 Å². The van der Waals surface area contributed by atoms with Crippen LogP contribution in [0.15, 0.2) is 18.3 Å². The largest absolute Gasteiger partial charge is 0.495 e.